The van der Waals surface area contributed by atoms with Gasteiger partial charge in [0.1, 0.15) is 23.6 Å². The fourth-order valence-electron chi connectivity index (χ4n) is 3.72. The van der Waals surface area contributed by atoms with Crippen LogP contribution in [0.25, 0.3) is 0 Å². The Labute approximate surface area is 148 Å². The molecule has 7 heteroatoms. The van der Waals surface area contributed by atoms with Gasteiger partial charge < -0.3 is 26.2 Å². The molecule has 0 radical (unpaired) electrons. The Hall–Kier alpha value is -2.54. The van der Waals surface area contributed by atoms with Crippen LogP contribution in [-0.4, -0.2) is 45.6 Å². The van der Waals surface area contributed by atoms with Crippen LogP contribution in [-0.2, 0) is 0 Å². The quantitative estimate of drug-likeness (QED) is 0.757. The third kappa shape index (κ3) is 2.64. The maximum absolute atomic E-state index is 5.90. The number of piperidine rings is 1. The lowest BCUT2D eigenvalue weighted by atomic mass is 9.94. The normalized spacial score (nSPS) is 22.0. The van der Waals surface area contributed by atoms with Crippen molar-refractivity contribution in [3.63, 3.8) is 0 Å². The summed E-state index contributed by atoms with van der Waals surface area (Å²) in [4.78, 5) is 13.1. The van der Waals surface area contributed by atoms with Crippen molar-refractivity contribution in [2.24, 2.45) is 0 Å². The second kappa shape index (κ2) is 5.77. The molecular formula is C18H25N7. The average molecular weight is 339 g/mol. The molecule has 0 unspecified atom stereocenters. The molecule has 0 aromatic carbocycles. The van der Waals surface area contributed by atoms with E-state index in [0.29, 0.717) is 5.82 Å². The van der Waals surface area contributed by atoms with Crippen LogP contribution in [0.4, 0.5) is 11.6 Å². The van der Waals surface area contributed by atoms with Gasteiger partial charge in [0.25, 0.3) is 0 Å². The largest absolute Gasteiger partial charge is 0.383 e. The van der Waals surface area contributed by atoms with E-state index in [9.17, 15) is 0 Å². The molecule has 7 nitrogen and oxygen atoms in total. The highest BCUT2D eigenvalue weighted by Crippen LogP contribution is 2.39. The summed E-state index contributed by atoms with van der Waals surface area (Å²) in [6, 6.07) is 0. The number of hydrogen-bond donors (Lipinski definition) is 3. The zero-order valence-corrected chi connectivity index (χ0v) is 15.0. The van der Waals surface area contributed by atoms with E-state index in [-0.39, 0.29) is 5.66 Å². The van der Waals surface area contributed by atoms with Gasteiger partial charge in [-0.1, -0.05) is 0 Å². The van der Waals surface area contributed by atoms with Gasteiger partial charge in [-0.3, -0.25) is 0 Å². The number of allylic oxidation sites excluding steroid dienone is 2. The van der Waals surface area contributed by atoms with Crippen LogP contribution in [0.2, 0.25) is 0 Å². The van der Waals surface area contributed by atoms with Crippen LogP contribution in [0.15, 0.2) is 41.8 Å². The average Bonchev–Trinajstić information content (AvgIpc) is 2.94. The molecule has 1 spiro atoms. The second-order valence-electron chi connectivity index (χ2n) is 7.15. The van der Waals surface area contributed by atoms with E-state index in [4.69, 9.17) is 5.73 Å². The maximum atomic E-state index is 5.90. The number of anilines is 2. The summed E-state index contributed by atoms with van der Waals surface area (Å²) in [6.45, 7) is 6.25. The summed E-state index contributed by atoms with van der Waals surface area (Å²) in [5, 5.41) is 7.06. The Morgan fingerprint density at radius 3 is 2.76 bits per heavy atom. The Morgan fingerprint density at radius 2 is 2.00 bits per heavy atom. The zero-order valence-electron chi connectivity index (χ0n) is 15.0. The molecule has 3 aliphatic rings. The van der Waals surface area contributed by atoms with Crippen molar-refractivity contribution in [3.8, 4) is 0 Å². The Balaban J connectivity index is 1.63. The first-order chi connectivity index (χ1) is 12.0. The van der Waals surface area contributed by atoms with E-state index in [1.165, 1.54) is 17.6 Å². The van der Waals surface area contributed by atoms with Crippen LogP contribution >= 0.6 is 0 Å². The first kappa shape index (κ1) is 16.0. The van der Waals surface area contributed by atoms with Crippen molar-refractivity contribution < 1.29 is 0 Å². The lowest BCUT2D eigenvalue weighted by Crippen LogP contribution is -2.56. The van der Waals surface area contributed by atoms with Gasteiger partial charge in [0.15, 0.2) is 0 Å². The lowest BCUT2D eigenvalue weighted by Gasteiger charge is -2.45. The van der Waals surface area contributed by atoms with Gasteiger partial charge in [0, 0.05) is 43.9 Å². The van der Waals surface area contributed by atoms with Crippen molar-refractivity contribution >= 4 is 11.6 Å². The number of nitrogens with two attached hydrogens (primary N) is 1. The van der Waals surface area contributed by atoms with Crippen LogP contribution < -0.4 is 16.4 Å². The Morgan fingerprint density at radius 1 is 1.24 bits per heavy atom. The number of hydrogen-bond acceptors (Lipinski definition) is 7. The van der Waals surface area contributed by atoms with Gasteiger partial charge in [0.2, 0.25) is 0 Å². The molecule has 25 heavy (non-hydrogen) atoms. The molecule has 0 amide bonds. The minimum Gasteiger partial charge on any atom is -0.383 e. The number of nitrogens with one attached hydrogen (secondary N) is 2. The number of likely N-dealkylation sites (tertiary alicyclic amines) is 1. The number of rotatable bonds is 2. The minimum atomic E-state index is -0.0238. The molecule has 0 atom stereocenters. The standard InChI is InChI=1S/C18H25N7/c1-12-8-14(23-17-13(2)16(19)20-11-21-17)10-25-15(12)9-22-18(25)4-6-24(3)7-5-18/h8-11,22H,4-7H2,1-3H3,(H3,19,20,21,23). The van der Waals surface area contributed by atoms with Gasteiger partial charge in [-0.2, -0.15) is 0 Å². The van der Waals surface area contributed by atoms with Crippen molar-refractivity contribution in [2.45, 2.75) is 32.4 Å². The fourth-order valence-corrected chi connectivity index (χ4v) is 3.72. The highest BCUT2D eigenvalue weighted by Gasteiger charge is 2.43. The van der Waals surface area contributed by atoms with Crippen LogP contribution in [0, 0.1) is 6.92 Å². The predicted octanol–water partition coefficient (Wildman–Crippen LogP) is 1.75. The summed E-state index contributed by atoms with van der Waals surface area (Å²) in [7, 11) is 2.18. The molecule has 4 heterocycles. The predicted molar refractivity (Wildman–Crippen MR) is 99.2 cm³/mol. The van der Waals surface area contributed by atoms with Crippen LogP contribution in [0.3, 0.4) is 0 Å². The van der Waals surface area contributed by atoms with E-state index in [2.05, 4.69) is 62.8 Å². The van der Waals surface area contributed by atoms with Crippen LogP contribution in [0.5, 0.6) is 0 Å². The number of nitrogens with zero attached hydrogens (tertiary/aromatic N) is 4. The Kier molecular flexibility index (Phi) is 3.68. The third-order valence-electron chi connectivity index (χ3n) is 5.44. The number of nitrogen functional groups attached to an aromatic ring is 1. The van der Waals surface area contributed by atoms with Crippen LogP contribution in [0.1, 0.15) is 25.3 Å². The van der Waals surface area contributed by atoms with E-state index >= 15 is 0 Å². The molecule has 1 aromatic heterocycles. The molecule has 0 bridgehead atoms. The van der Waals surface area contributed by atoms with Gasteiger partial charge in [0.05, 0.1) is 11.4 Å². The fraction of sp³-hybridized carbons (Fsp3) is 0.444. The summed E-state index contributed by atoms with van der Waals surface area (Å²) in [5.74, 6) is 1.25. The second-order valence-corrected chi connectivity index (χ2v) is 7.15. The minimum absolute atomic E-state index is 0.0238. The smallest absolute Gasteiger partial charge is 0.138 e. The summed E-state index contributed by atoms with van der Waals surface area (Å²) in [6.07, 6.45) is 10.1. The molecule has 1 aromatic rings. The monoisotopic (exact) mass is 339 g/mol. The molecule has 1 fully saturated rings. The molecule has 0 aliphatic carbocycles. The van der Waals surface area contributed by atoms with E-state index in [1.54, 1.807) is 0 Å². The van der Waals surface area contributed by atoms with Crippen molar-refractivity contribution in [3.05, 3.63) is 47.3 Å². The van der Waals surface area contributed by atoms with E-state index in [0.717, 1.165) is 43.0 Å². The Bertz CT molecular complexity index is 785. The first-order valence-corrected chi connectivity index (χ1v) is 8.69. The van der Waals surface area contributed by atoms with E-state index in [1.807, 2.05) is 6.92 Å². The first-order valence-electron chi connectivity index (χ1n) is 8.69. The highest BCUT2D eigenvalue weighted by atomic mass is 15.4. The molecule has 3 aliphatic heterocycles. The lowest BCUT2D eigenvalue weighted by molar-refractivity contribution is 0.0846. The number of aromatic nitrogens is 2. The van der Waals surface area contributed by atoms with Gasteiger partial charge in [-0.25, -0.2) is 9.97 Å². The molecule has 4 N–H and O–H groups in total. The maximum Gasteiger partial charge on any atom is 0.138 e. The summed E-state index contributed by atoms with van der Waals surface area (Å²) >= 11 is 0. The van der Waals surface area contributed by atoms with E-state index < -0.39 is 0 Å². The molecule has 0 saturated carbocycles. The number of fused-ring (bicyclic) bond motifs is 2. The molecular weight excluding hydrogens is 314 g/mol. The molecule has 4 rings (SSSR count). The van der Waals surface area contributed by atoms with Crippen molar-refractivity contribution in [2.75, 3.05) is 31.2 Å². The summed E-state index contributed by atoms with van der Waals surface area (Å²) < 4.78 is 0. The third-order valence-corrected chi connectivity index (χ3v) is 5.44. The van der Waals surface area contributed by atoms with Gasteiger partial charge in [-0.15, -0.1) is 0 Å². The highest BCUT2D eigenvalue weighted by molar-refractivity contribution is 5.59. The van der Waals surface area contributed by atoms with Crippen molar-refractivity contribution in [1.29, 1.82) is 0 Å². The molecule has 1 saturated heterocycles. The van der Waals surface area contributed by atoms with Gasteiger partial charge >= 0.3 is 0 Å². The van der Waals surface area contributed by atoms with Crippen molar-refractivity contribution in [1.82, 2.24) is 25.1 Å². The summed E-state index contributed by atoms with van der Waals surface area (Å²) in [5.41, 5.74) is 10.2. The molecule has 132 valence electrons. The SMILES string of the molecule is CC1=CC(Nc2ncnc(N)c2C)=CN2C1=CNC21CCN(C)CC1. The van der Waals surface area contributed by atoms with Gasteiger partial charge in [-0.05, 0) is 32.5 Å². The zero-order chi connectivity index (χ0) is 17.6. The topological polar surface area (TPSA) is 82.3 Å².